The van der Waals surface area contributed by atoms with Gasteiger partial charge in [-0.15, -0.1) is 0 Å². The van der Waals surface area contributed by atoms with Crippen LogP contribution in [0, 0.1) is 10.5 Å². The lowest BCUT2D eigenvalue weighted by molar-refractivity contribution is 0.0976. The SMILES string of the molecule is CCCCOc1ccc(C(CC(=O)c2ccc(C)cc2)Nc2ccc(I)cc2)cc1. The lowest BCUT2D eigenvalue weighted by Gasteiger charge is -2.21. The van der Waals surface area contributed by atoms with Gasteiger partial charge in [-0.3, -0.25) is 4.79 Å². The minimum absolute atomic E-state index is 0.122. The molecule has 0 radical (unpaired) electrons. The van der Waals surface area contributed by atoms with E-state index in [0.29, 0.717) is 6.42 Å². The van der Waals surface area contributed by atoms with E-state index in [0.717, 1.165) is 47.6 Å². The van der Waals surface area contributed by atoms with Crippen LogP contribution in [-0.2, 0) is 0 Å². The van der Waals surface area contributed by atoms with Gasteiger partial charge in [-0.05, 0) is 77.9 Å². The normalized spacial score (nSPS) is 11.7. The second-order valence-electron chi connectivity index (χ2n) is 7.47. The number of hydrogen-bond donors (Lipinski definition) is 1. The molecule has 156 valence electrons. The highest BCUT2D eigenvalue weighted by Gasteiger charge is 2.18. The van der Waals surface area contributed by atoms with Crippen molar-refractivity contribution in [2.24, 2.45) is 0 Å². The van der Waals surface area contributed by atoms with Gasteiger partial charge in [0.05, 0.1) is 12.6 Å². The zero-order valence-electron chi connectivity index (χ0n) is 17.5. The summed E-state index contributed by atoms with van der Waals surface area (Å²) in [5.74, 6) is 0.992. The van der Waals surface area contributed by atoms with Crippen LogP contribution in [0.1, 0.15) is 53.7 Å². The van der Waals surface area contributed by atoms with Crippen LogP contribution in [0.5, 0.6) is 5.75 Å². The van der Waals surface area contributed by atoms with E-state index in [1.165, 1.54) is 3.57 Å². The maximum atomic E-state index is 13.0. The first-order valence-corrected chi connectivity index (χ1v) is 11.5. The highest BCUT2D eigenvalue weighted by molar-refractivity contribution is 14.1. The molecule has 3 aromatic rings. The molecule has 0 spiro atoms. The Balaban J connectivity index is 1.78. The van der Waals surface area contributed by atoms with E-state index in [-0.39, 0.29) is 11.8 Å². The Labute approximate surface area is 193 Å². The average molecular weight is 513 g/mol. The minimum Gasteiger partial charge on any atom is -0.494 e. The van der Waals surface area contributed by atoms with Gasteiger partial charge in [0.25, 0.3) is 0 Å². The predicted molar refractivity (Wildman–Crippen MR) is 132 cm³/mol. The summed E-state index contributed by atoms with van der Waals surface area (Å²) in [5, 5.41) is 3.54. The zero-order valence-corrected chi connectivity index (χ0v) is 19.7. The molecule has 3 aromatic carbocycles. The molecule has 30 heavy (non-hydrogen) atoms. The summed E-state index contributed by atoms with van der Waals surface area (Å²) in [7, 11) is 0. The Morgan fingerprint density at radius 3 is 2.27 bits per heavy atom. The number of benzene rings is 3. The van der Waals surface area contributed by atoms with Gasteiger partial charge >= 0.3 is 0 Å². The van der Waals surface area contributed by atoms with Gasteiger partial charge in [0, 0.05) is 21.2 Å². The molecule has 0 fully saturated rings. The molecular weight excluding hydrogens is 485 g/mol. The van der Waals surface area contributed by atoms with Crippen LogP contribution >= 0.6 is 22.6 Å². The van der Waals surface area contributed by atoms with Gasteiger partial charge in [0.15, 0.2) is 5.78 Å². The molecule has 3 rings (SSSR count). The number of ketones is 1. The summed E-state index contributed by atoms with van der Waals surface area (Å²) in [6.45, 7) is 4.91. The van der Waals surface area contributed by atoms with Gasteiger partial charge < -0.3 is 10.1 Å². The molecule has 0 saturated heterocycles. The minimum atomic E-state index is -0.122. The first-order valence-electron chi connectivity index (χ1n) is 10.4. The number of rotatable bonds is 10. The number of ether oxygens (including phenoxy) is 1. The van der Waals surface area contributed by atoms with Crippen LogP contribution in [0.25, 0.3) is 0 Å². The van der Waals surface area contributed by atoms with E-state index in [1.54, 1.807) is 0 Å². The van der Waals surface area contributed by atoms with Gasteiger partial charge in [-0.2, -0.15) is 0 Å². The molecule has 0 aliphatic heterocycles. The fourth-order valence-corrected chi connectivity index (χ4v) is 3.53. The van der Waals surface area contributed by atoms with Gasteiger partial charge in [0.1, 0.15) is 5.75 Å². The summed E-state index contributed by atoms with van der Waals surface area (Å²) in [5.41, 5.74) is 3.96. The number of nitrogens with one attached hydrogen (secondary N) is 1. The van der Waals surface area contributed by atoms with Crippen molar-refractivity contribution in [1.29, 1.82) is 0 Å². The van der Waals surface area contributed by atoms with Crippen LogP contribution in [0.3, 0.4) is 0 Å². The van der Waals surface area contributed by atoms with Crippen molar-refractivity contribution in [2.45, 2.75) is 39.2 Å². The van der Waals surface area contributed by atoms with Crippen molar-refractivity contribution >= 4 is 34.1 Å². The highest BCUT2D eigenvalue weighted by atomic mass is 127. The fraction of sp³-hybridized carbons (Fsp3) is 0.269. The third-order valence-corrected chi connectivity index (χ3v) is 5.72. The zero-order chi connectivity index (χ0) is 21.3. The van der Waals surface area contributed by atoms with E-state index in [9.17, 15) is 4.79 Å². The number of anilines is 1. The summed E-state index contributed by atoms with van der Waals surface area (Å²) in [4.78, 5) is 13.0. The number of hydrogen-bond acceptors (Lipinski definition) is 3. The summed E-state index contributed by atoms with van der Waals surface area (Å²) < 4.78 is 6.97. The van der Waals surface area contributed by atoms with Crippen molar-refractivity contribution in [3.8, 4) is 5.75 Å². The molecule has 0 heterocycles. The Morgan fingerprint density at radius 2 is 1.63 bits per heavy atom. The second-order valence-corrected chi connectivity index (χ2v) is 8.71. The maximum Gasteiger partial charge on any atom is 0.165 e. The Kier molecular flexibility index (Phi) is 8.31. The van der Waals surface area contributed by atoms with Gasteiger partial charge in [-0.25, -0.2) is 0 Å². The third-order valence-electron chi connectivity index (χ3n) is 5.00. The maximum absolute atomic E-state index is 13.0. The van der Waals surface area contributed by atoms with Crippen LogP contribution in [0.15, 0.2) is 72.8 Å². The van der Waals surface area contributed by atoms with Crippen LogP contribution < -0.4 is 10.1 Å². The summed E-state index contributed by atoms with van der Waals surface area (Å²) >= 11 is 2.29. The first kappa shape index (κ1) is 22.3. The molecule has 4 heteroatoms. The molecule has 0 saturated carbocycles. The van der Waals surface area contributed by atoms with E-state index >= 15 is 0 Å². The molecule has 0 aromatic heterocycles. The molecule has 0 aliphatic carbocycles. The number of halogens is 1. The van der Waals surface area contributed by atoms with E-state index < -0.39 is 0 Å². The van der Waals surface area contributed by atoms with Crippen molar-refractivity contribution in [3.05, 3.63) is 93.1 Å². The number of aryl methyl sites for hydroxylation is 1. The van der Waals surface area contributed by atoms with E-state index in [2.05, 4.69) is 47.0 Å². The lowest BCUT2D eigenvalue weighted by atomic mass is 9.97. The van der Waals surface area contributed by atoms with Crippen molar-refractivity contribution < 1.29 is 9.53 Å². The van der Waals surface area contributed by atoms with Crippen LogP contribution in [0.2, 0.25) is 0 Å². The third kappa shape index (κ3) is 6.59. The highest BCUT2D eigenvalue weighted by Crippen LogP contribution is 2.27. The molecule has 1 unspecified atom stereocenters. The second kappa shape index (κ2) is 11.2. The summed E-state index contributed by atoms with van der Waals surface area (Å²) in [6, 6.07) is 24.0. The molecule has 3 nitrogen and oxygen atoms in total. The molecule has 1 atom stereocenters. The number of carbonyl (C=O) groups is 1. The number of unbranched alkanes of at least 4 members (excludes halogenated alkanes) is 1. The number of Topliss-reactive ketones (excluding diaryl/α,β-unsaturated/α-hetero) is 1. The molecular formula is C26H28INO2. The summed E-state index contributed by atoms with van der Waals surface area (Å²) in [6.07, 6.45) is 2.54. The van der Waals surface area contributed by atoms with Crippen LogP contribution in [-0.4, -0.2) is 12.4 Å². The standard InChI is InChI=1S/C26H28INO2/c1-3-4-17-30-24-15-9-20(10-16-24)25(28-23-13-11-22(27)12-14-23)18-26(29)21-7-5-19(2)6-8-21/h5-16,25,28H,3-4,17-18H2,1-2H3. The molecule has 0 amide bonds. The van der Waals surface area contributed by atoms with E-state index in [1.807, 2.05) is 67.6 Å². The quantitative estimate of drug-likeness (QED) is 0.177. The van der Waals surface area contributed by atoms with Crippen molar-refractivity contribution in [1.82, 2.24) is 0 Å². The first-order chi connectivity index (χ1) is 14.5. The fourth-order valence-electron chi connectivity index (χ4n) is 3.17. The molecule has 0 bridgehead atoms. The molecule has 1 N–H and O–H groups in total. The molecule has 0 aliphatic rings. The monoisotopic (exact) mass is 513 g/mol. The largest absolute Gasteiger partial charge is 0.494 e. The Hall–Kier alpha value is -2.34. The Morgan fingerprint density at radius 1 is 0.967 bits per heavy atom. The Bertz CT molecular complexity index is 934. The van der Waals surface area contributed by atoms with Crippen molar-refractivity contribution in [2.75, 3.05) is 11.9 Å². The topological polar surface area (TPSA) is 38.3 Å². The van der Waals surface area contributed by atoms with Crippen molar-refractivity contribution in [3.63, 3.8) is 0 Å². The van der Waals surface area contributed by atoms with Gasteiger partial charge in [-0.1, -0.05) is 55.3 Å². The van der Waals surface area contributed by atoms with Crippen LogP contribution in [0.4, 0.5) is 5.69 Å². The number of carbonyl (C=O) groups excluding carboxylic acids is 1. The average Bonchev–Trinajstić information content (AvgIpc) is 2.76. The van der Waals surface area contributed by atoms with Gasteiger partial charge in [0.2, 0.25) is 0 Å². The van der Waals surface area contributed by atoms with E-state index in [4.69, 9.17) is 4.74 Å². The predicted octanol–water partition coefficient (Wildman–Crippen LogP) is 7.20. The lowest BCUT2D eigenvalue weighted by Crippen LogP contribution is -2.16. The smallest absolute Gasteiger partial charge is 0.165 e.